The van der Waals surface area contributed by atoms with E-state index in [4.69, 9.17) is 0 Å². The standard InChI is InChI=1S/C15H20N2/c1-12-5-6-14(13(2)9-12)17(3)11-15(10-16)7-4-8-15/h5-6,9H,4,7-8,11H2,1-3H3. The molecule has 0 spiro atoms. The summed E-state index contributed by atoms with van der Waals surface area (Å²) in [5, 5.41) is 9.27. The SMILES string of the molecule is Cc1ccc(N(C)CC2(C#N)CCC2)c(C)c1. The molecular weight excluding hydrogens is 208 g/mol. The topological polar surface area (TPSA) is 27.0 Å². The molecule has 90 valence electrons. The zero-order chi connectivity index (χ0) is 12.5. The van der Waals surface area contributed by atoms with Gasteiger partial charge in [0.05, 0.1) is 11.5 Å². The summed E-state index contributed by atoms with van der Waals surface area (Å²) in [6.45, 7) is 5.10. The Balaban J connectivity index is 2.15. The number of benzene rings is 1. The molecule has 1 aliphatic rings. The first-order valence-electron chi connectivity index (χ1n) is 6.26. The van der Waals surface area contributed by atoms with E-state index in [-0.39, 0.29) is 5.41 Å². The summed E-state index contributed by atoms with van der Waals surface area (Å²) in [5.41, 5.74) is 3.74. The van der Waals surface area contributed by atoms with Crippen molar-refractivity contribution in [2.45, 2.75) is 33.1 Å². The molecule has 0 radical (unpaired) electrons. The molecule has 1 fully saturated rings. The van der Waals surface area contributed by atoms with Crippen LogP contribution in [-0.4, -0.2) is 13.6 Å². The molecule has 0 heterocycles. The Morgan fingerprint density at radius 2 is 2.06 bits per heavy atom. The van der Waals surface area contributed by atoms with E-state index in [1.807, 2.05) is 0 Å². The van der Waals surface area contributed by atoms with Crippen molar-refractivity contribution in [2.75, 3.05) is 18.5 Å². The predicted octanol–water partition coefficient (Wildman–Crippen LogP) is 3.43. The van der Waals surface area contributed by atoms with Gasteiger partial charge in [0.25, 0.3) is 0 Å². The van der Waals surface area contributed by atoms with Crippen molar-refractivity contribution in [1.29, 1.82) is 5.26 Å². The Hall–Kier alpha value is -1.49. The van der Waals surface area contributed by atoms with E-state index in [0.29, 0.717) is 0 Å². The van der Waals surface area contributed by atoms with Crippen molar-refractivity contribution in [3.63, 3.8) is 0 Å². The summed E-state index contributed by atoms with van der Waals surface area (Å²) < 4.78 is 0. The van der Waals surface area contributed by atoms with Gasteiger partial charge in [0.15, 0.2) is 0 Å². The van der Waals surface area contributed by atoms with Crippen LogP contribution in [0.15, 0.2) is 18.2 Å². The van der Waals surface area contributed by atoms with Crippen molar-refractivity contribution in [3.8, 4) is 6.07 Å². The normalized spacial score (nSPS) is 17.1. The first-order chi connectivity index (χ1) is 8.06. The number of hydrogen-bond acceptors (Lipinski definition) is 2. The highest BCUT2D eigenvalue weighted by atomic mass is 15.1. The molecule has 1 saturated carbocycles. The van der Waals surface area contributed by atoms with E-state index in [9.17, 15) is 5.26 Å². The van der Waals surface area contributed by atoms with Gasteiger partial charge in [0, 0.05) is 19.3 Å². The van der Waals surface area contributed by atoms with E-state index in [1.165, 1.54) is 23.2 Å². The highest BCUT2D eigenvalue weighted by molar-refractivity contribution is 5.54. The molecule has 2 heteroatoms. The molecule has 0 atom stereocenters. The Morgan fingerprint density at radius 1 is 1.35 bits per heavy atom. The molecule has 0 aliphatic heterocycles. The molecule has 1 aliphatic carbocycles. The highest BCUT2D eigenvalue weighted by Gasteiger charge is 2.38. The number of rotatable bonds is 3. The van der Waals surface area contributed by atoms with Gasteiger partial charge in [-0.2, -0.15) is 5.26 Å². The average Bonchev–Trinajstić information content (AvgIpc) is 2.23. The molecule has 0 saturated heterocycles. The van der Waals surface area contributed by atoms with Gasteiger partial charge in [-0.05, 0) is 38.3 Å². The molecule has 0 amide bonds. The first-order valence-corrected chi connectivity index (χ1v) is 6.26. The fourth-order valence-corrected chi connectivity index (χ4v) is 2.68. The van der Waals surface area contributed by atoms with Crippen molar-refractivity contribution in [1.82, 2.24) is 0 Å². The van der Waals surface area contributed by atoms with Gasteiger partial charge in [-0.15, -0.1) is 0 Å². The third-order valence-corrected chi connectivity index (χ3v) is 3.85. The fraction of sp³-hybridized carbons (Fsp3) is 0.533. The maximum absolute atomic E-state index is 9.27. The van der Waals surface area contributed by atoms with E-state index < -0.39 is 0 Å². The first kappa shape index (κ1) is 12.0. The third kappa shape index (κ3) is 2.29. The van der Waals surface area contributed by atoms with Gasteiger partial charge in [-0.25, -0.2) is 0 Å². The molecule has 1 aromatic carbocycles. The van der Waals surface area contributed by atoms with Crippen molar-refractivity contribution in [3.05, 3.63) is 29.3 Å². The third-order valence-electron chi connectivity index (χ3n) is 3.85. The summed E-state index contributed by atoms with van der Waals surface area (Å²) in [4.78, 5) is 2.23. The zero-order valence-electron chi connectivity index (χ0n) is 11.0. The molecular formula is C15H20N2. The minimum absolute atomic E-state index is 0.0912. The summed E-state index contributed by atoms with van der Waals surface area (Å²) >= 11 is 0. The molecule has 1 aromatic rings. The predicted molar refractivity (Wildman–Crippen MR) is 71.1 cm³/mol. The molecule has 0 bridgehead atoms. The largest absolute Gasteiger partial charge is 0.373 e. The molecule has 17 heavy (non-hydrogen) atoms. The number of nitriles is 1. The molecule has 0 unspecified atom stereocenters. The smallest absolute Gasteiger partial charge is 0.0748 e. The number of anilines is 1. The summed E-state index contributed by atoms with van der Waals surface area (Å²) in [6, 6.07) is 9.00. The highest BCUT2D eigenvalue weighted by Crippen LogP contribution is 2.41. The molecule has 2 rings (SSSR count). The minimum atomic E-state index is -0.0912. The van der Waals surface area contributed by atoms with Crippen LogP contribution in [0.1, 0.15) is 30.4 Å². The van der Waals surface area contributed by atoms with E-state index in [1.54, 1.807) is 0 Å². The lowest BCUT2D eigenvalue weighted by Gasteiger charge is -2.39. The van der Waals surface area contributed by atoms with Crippen molar-refractivity contribution in [2.24, 2.45) is 5.41 Å². The number of aryl methyl sites for hydroxylation is 2. The van der Waals surface area contributed by atoms with Crippen LogP contribution in [0.3, 0.4) is 0 Å². The lowest BCUT2D eigenvalue weighted by Crippen LogP contribution is -2.40. The monoisotopic (exact) mass is 228 g/mol. The quantitative estimate of drug-likeness (QED) is 0.792. The van der Waals surface area contributed by atoms with Gasteiger partial charge in [0.2, 0.25) is 0 Å². The van der Waals surface area contributed by atoms with Crippen molar-refractivity contribution < 1.29 is 0 Å². The van der Waals surface area contributed by atoms with Crippen LogP contribution in [0.5, 0.6) is 0 Å². The summed E-state index contributed by atoms with van der Waals surface area (Å²) in [7, 11) is 2.09. The van der Waals surface area contributed by atoms with Gasteiger partial charge in [0.1, 0.15) is 0 Å². The van der Waals surface area contributed by atoms with Crippen LogP contribution in [0.2, 0.25) is 0 Å². The van der Waals surface area contributed by atoms with Crippen molar-refractivity contribution >= 4 is 5.69 Å². The van der Waals surface area contributed by atoms with Crippen LogP contribution in [0.4, 0.5) is 5.69 Å². The average molecular weight is 228 g/mol. The Kier molecular flexibility index (Phi) is 3.11. The minimum Gasteiger partial charge on any atom is -0.373 e. The van der Waals surface area contributed by atoms with Crippen LogP contribution < -0.4 is 4.90 Å². The molecule has 0 aromatic heterocycles. The second kappa shape index (κ2) is 4.41. The molecule has 2 nitrogen and oxygen atoms in total. The van der Waals surface area contributed by atoms with Crippen LogP contribution in [0.25, 0.3) is 0 Å². The van der Waals surface area contributed by atoms with Crippen LogP contribution in [0, 0.1) is 30.6 Å². The van der Waals surface area contributed by atoms with Gasteiger partial charge in [-0.1, -0.05) is 24.1 Å². The lowest BCUT2D eigenvalue weighted by atomic mass is 9.69. The maximum Gasteiger partial charge on any atom is 0.0748 e. The second-order valence-electron chi connectivity index (χ2n) is 5.39. The Morgan fingerprint density at radius 3 is 2.53 bits per heavy atom. The fourth-order valence-electron chi connectivity index (χ4n) is 2.68. The summed E-state index contributed by atoms with van der Waals surface area (Å²) in [5.74, 6) is 0. The Bertz CT molecular complexity index is 452. The summed E-state index contributed by atoms with van der Waals surface area (Å²) in [6.07, 6.45) is 3.31. The van der Waals surface area contributed by atoms with E-state index in [2.05, 4.69) is 50.1 Å². The maximum atomic E-state index is 9.27. The van der Waals surface area contributed by atoms with E-state index in [0.717, 1.165) is 19.4 Å². The number of nitrogens with zero attached hydrogens (tertiary/aromatic N) is 2. The van der Waals surface area contributed by atoms with Crippen LogP contribution >= 0.6 is 0 Å². The van der Waals surface area contributed by atoms with Crippen LogP contribution in [-0.2, 0) is 0 Å². The zero-order valence-corrected chi connectivity index (χ0v) is 11.0. The second-order valence-corrected chi connectivity index (χ2v) is 5.39. The molecule has 0 N–H and O–H groups in total. The van der Waals surface area contributed by atoms with E-state index >= 15 is 0 Å². The van der Waals surface area contributed by atoms with Gasteiger partial charge < -0.3 is 4.90 Å². The lowest BCUT2D eigenvalue weighted by molar-refractivity contribution is 0.223. The Labute approximate surface area is 104 Å². The van der Waals surface area contributed by atoms with Gasteiger partial charge >= 0.3 is 0 Å². The van der Waals surface area contributed by atoms with Gasteiger partial charge in [-0.3, -0.25) is 0 Å². The number of hydrogen-bond donors (Lipinski definition) is 0.